The van der Waals surface area contributed by atoms with Gasteiger partial charge < -0.3 is 5.32 Å². The zero-order valence-corrected chi connectivity index (χ0v) is 14.8. The van der Waals surface area contributed by atoms with E-state index in [-0.39, 0.29) is 18.9 Å². The lowest BCUT2D eigenvalue weighted by molar-refractivity contribution is -0.121. The molecule has 0 saturated heterocycles. The summed E-state index contributed by atoms with van der Waals surface area (Å²) in [5.41, 5.74) is -0.405. The number of carbonyl (C=O) groups excluding carboxylic acids is 1. The molecule has 1 amide bonds. The maximum atomic E-state index is 12.0. The Labute approximate surface area is 152 Å². The van der Waals surface area contributed by atoms with Crippen LogP contribution in [0.5, 0.6) is 0 Å². The van der Waals surface area contributed by atoms with Crippen molar-refractivity contribution < 1.29 is 4.79 Å². The van der Waals surface area contributed by atoms with Gasteiger partial charge in [-0.25, -0.2) is 4.79 Å². The summed E-state index contributed by atoms with van der Waals surface area (Å²) in [7, 11) is 0. The molecule has 2 heterocycles. The first kappa shape index (κ1) is 17.4. The predicted molar refractivity (Wildman–Crippen MR) is 99.5 cm³/mol. The number of amides is 1. The minimum absolute atomic E-state index is 0.148. The average molecular weight is 378 g/mol. The lowest BCUT2D eigenvalue weighted by atomic mass is 10.2. The molecule has 130 valence electrons. The fourth-order valence-electron chi connectivity index (χ4n) is 2.58. The van der Waals surface area contributed by atoms with Gasteiger partial charge in [0.15, 0.2) is 0 Å². The van der Waals surface area contributed by atoms with Gasteiger partial charge in [-0.05, 0) is 30.7 Å². The van der Waals surface area contributed by atoms with Gasteiger partial charge in [-0.1, -0.05) is 23.7 Å². The number of aryl methyl sites for hydroxylation is 1. The third-order valence-corrected chi connectivity index (χ3v) is 5.08. The Morgan fingerprint density at radius 2 is 2.00 bits per heavy atom. The van der Waals surface area contributed by atoms with Crippen LogP contribution in [0.1, 0.15) is 11.3 Å². The molecule has 0 bridgehead atoms. The molecule has 0 aliphatic carbocycles. The molecule has 0 atom stereocenters. The van der Waals surface area contributed by atoms with Gasteiger partial charge in [0.2, 0.25) is 5.91 Å². The zero-order chi connectivity index (χ0) is 17.8. The molecule has 0 unspecified atom stereocenters. The van der Waals surface area contributed by atoms with E-state index in [9.17, 15) is 14.4 Å². The van der Waals surface area contributed by atoms with E-state index in [4.69, 9.17) is 11.6 Å². The molecule has 8 heteroatoms. The molecule has 3 aromatic rings. The highest BCUT2D eigenvalue weighted by molar-refractivity contribution is 7.16. The number of nitrogens with zero attached hydrogens (tertiary/aromatic N) is 1. The predicted octanol–water partition coefficient (Wildman–Crippen LogP) is 2.15. The smallest absolute Gasteiger partial charge is 0.328 e. The number of hydrogen-bond acceptors (Lipinski definition) is 4. The van der Waals surface area contributed by atoms with E-state index in [2.05, 4.69) is 10.3 Å². The second kappa shape index (κ2) is 7.67. The number of hydrogen-bond donors (Lipinski definition) is 2. The first-order valence-corrected chi connectivity index (χ1v) is 8.97. The molecule has 25 heavy (non-hydrogen) atoms. The topological polar surface area (TPSA) is 84.0 Å². The summed E-state index contributed by atoms with van der Waals surface area (Å²) < 4.78 is 2.14. The van der Waals surface area contributed by atoms with E-state index in [0.717, 1.165) is 9.21 Å². The second-order valence-electron chi connectivity index (χ2n) is 5.48. The van der Waals surface area contributed by atoms with Crippen LogP contribution in [0.15, 0.2) is 46.0 Å². The first-order chi connectivity index (χ1) is 12.0. The molecule has 0 aliphatic heterocycles. The molecule has 0 spiro atoms. The molecule has 0 aliphatic rings. The van der Waals surface area contributed by atoms with Crippen LogP contribution >= 0.6 is 22.9 Å². The second-order valence-corrected chi connectivity index (χ2v) is 7.28. The molecule has 6 nitrogen and oxygen atoms in total. The lowest BCUT2D eigenvalue weighted by Gasteiger charge is -2.09. The first-order valence-electron chi connectivity index (χ1n) is 7.77. The van der Waals surface area contributed by atoms with Crippen molar-refractivity contribution in [2.24, 2.45) is 0 Å². The summed E-state index contributed by atoms with van der Waals surface area (Å²) in [4.78, 5) is 39.2. The van der Waals surface area contributed by atoms with Crippen molar-refractivity contribution >= 4 is 39.7 Å². The summed E-state index contributed by atoms with van der Waals surface area (Å²) in [5, 5.41) is 3.25. The summed E-state index contributed by atoms with van der Waals surface area (Å²) >= 11 is 7.36. The number of H-pyrrole nitrogens is 1. The Morgan fingerprint density at radius 1 is 1.20 bits per heavy atom. The molecule has 1 aromatic carbocycles. The Balaban J connectivity index is 1.61. The quantitative estimate of drug-likeness (QED) is 0.690. The lowest BCUT2D eigenvalue weighted by Crippen LogP contribution is -2.33. The molecule has 2 N–H and O–H groups in total. The fraction of sp³-hybridized carbons (Fsp3) is 0.235. The van der Waals surface area contributed by atoms with Gasteiger partial charge in [0, 0.05) is 24.4 Å². The average Bonchev–Trinajstić information content (AvgIpc) is 3.00. The SMILES string of the molecule is O=C(CCn1c(=O)[nH]c(=O)c2ccccc21)NCCc1ccc(Cl)s1. The van der Waals surface area contributed by atoms with Crippen molar-refractivity contribution in [3.63, 3.8) is 0 Å². The number of carbonyl (C=O) groups is 1. The van der Waals surface area contributed by atoms with Crippen LogP contribution in [0.25, 0.3) is 10.9 Å². The number of nitrogens with one attached hydrogen (secondary N) is 2. The van der Waals surface area contributed by atoms with Crippen LogP contribution in [-0.2, 0) is 17.8 Å². The largest absolute Gasteiger partial charge is 0.356 e. The van der Waals surface area contributed by atoms with Crippen molar-refractivity contribution in [2.75, 3.05) is 6.54 Å². The van der Waals surface area contributed by atoms with Crippen molar-refractivity contribution in [3.05, 3.63) is 66.4 Å². The van der Waals surface area contributed by atoms with Crippen LogP contribution in [0.4, 0.5) is 0 Å². The number of para-hydroxylation sites is 1. The Bertz CT molecular complexity index is 1020. The number of thiophene rings is 1. The van der Waals surface area contributed by atoms with Gasteiger partial charge in [-0.2, -0.15) is 0 Å². The molecule has 0 fully saturated rings. The van der Waals surface area contributed by atoms with Crippen LogP contribution in [0, 0.1) is 0 Å². The molecular formula is C17H16ClN3O3S. The summed E-state index contributed by atoms with van der Waals surface area (Å²) in [6.45, 7) is 0.712. The number of rotatable bonds is 6. The summed E-state index contributed by atoms with van der Waals surface area (Å²) in [5.74, 6) is -0.148. The van der Waals surface area contributed by atoms with Gasteiger partial charge in [-0.15, -0.1) is 11.3 Å². The van der Waals surface area contributed by atoms with Crippen LogP contribution in [-0.4, -0.2) is 22.0 Å². The monoisotopic (exact) mass is 377 g/mol. The van der Waals surface area contributed by atoms with Gasteiger partial charge in [0.25, 0.3) is 5.56 Å². The maximum absolute atomic E-state index is 12.0. The number of benzene rings is 1. The molecule has 0 radical (unpaired) electrons. The highest BCUT2D eigenvalue weighted by Gasteiger charge is 2.09. The standard InChI is InChI=1S/C17H16ClN3O3S/c18-14-6-5-11(25-14)7-9-19-15(22)8-10-21-13-4-2-1-3-12(13)16(23)20-17(21)24/h1-6H,7-10H2,(H,19,22)(H,20,23,24). The number of halogens is 1. The third kappa shape index (κ3) is 4.18. The molecule has 2 aromatic heterocycles. The normalized spacial score (nSPS) is 10.9. The summed E-state index contributed by atoms with van der Waals surface area (Å²) in [6, 6.07) is 10.6. The highest BCUT2D eigenvalue weighted by atomic mass is 35.5. The molecule has 3 rings (SSSR count). The van der Waals surface area contributed by atoms with Crippen molar-refractivity contribution in [3.8, 4) is 0 Å². The van der Waals surface area contributed by atoms with E-state index in [1.165, 1.54) is 15.9 Å². The van der Waals surface area contributed by atoms with Crippen molar-refractivity contribution in [2.45, 2.75) is 19.4 Å². The van der Waals surface area contributed by atoms with E-state index >= 15 is 0 Å². The number of fused-ring (bicyclic) bond motifs is 1. The number of aromatic nitrogens is 2. The maximum Gasteiger partial charge on any atom is 0.328 e. The minimum atomic E-state index is -0.510. The van der Waals surface area contributed by atoms with Crippen LogP contribution in [0.3, 0.4) is 0 Å². The number of aromatic amines is 1. The van der Waals surface area contributed by atoms with Crippen molar-refractivity contribution in [1.82, 2.24) is 14.9 Å². The summed E-state index contributed by atoms with van der Waals surface area (Å²) in [6.07, 6.45) is 0.867. The third-order valence-electron chi connectivity index (χ3n) is 3.79. The minimum Gasteiger partial charge on any atom is -0.356 e. The van der Waals surface area contributed by atoms with E-state index in [1.54, 1.807) is 24.3 Å². The van der Waals surface area contributed by atoms with E-state index in [0.29, 0.717) is 23.9 Å². The van der Waals surface area contributed by atoms with Gasteiger partial charge >= 0.3 is 5.69 Å². The zero-order valence-electron chi connectivity index (χ0n) is 13.3. The van der Waals surface area contributed by atoms with Crippen LogP contribution < -0.4 is 16.6 Å². The Morgan fingerprint density at radius 3 is 2.76 bits per heavy atom. The van der Waals surface area contributed by atoms with Crippen molar-refractivity contribution in [1.29, 1.82) is 0 Å². The fourth-order valence-corrected chi connectivity index (χ4v) is 3.66. The van der Waals surface area contributed by atoms with Gasteiger partial charge in [0.1, 0.15) is 0 Å². The Hall–Kier alpha value is -2.38. The molecule has 0 saturated carbocycles. The highest BCUT2D eigenvalue weighted by Crippen LogP contribution is 2.21. The van der Waals surface area contributed by atoms with E-state index in [1.807, 2.05) is 12.1 Å². The van der Waals surface area contributed by atoms with Gasteiger partial charge in [0.05, 0.1) is 15.2 Å². The van der Waals surface area contributed by atoms with E-state index < -0.39 is 11.2 Å². The molecular weight excluding hydrogens is 362 g/mol. The van der Waals surface area contributed by atoms with Crippen LogP contribution in [0.2, 0.25) is 4.34 Å². The Kier molecular flexibility index (Phi) is 5.35. The van der Waals surface area contributed by atoms with Gasteiger partial charge in [-0.3, -0.25) is 19.1 Å².